The van der Waals surface area contributed by atoms with Crippen molar-refractivity contribution in [2.45, 2.75) is 49.9 Å². The van der Waals surface area contributed by atoms with Crippen LogP contribution in [0.1, 0.15) is 32.1 Å². The van der Waals surface area contributed by atoms with Gasteiger partial charge in [0, 0.05) is 0 Å². The molecule has 0 aromatic rings. The van der Waals surface area contributed by atoms with Crippen LogP contribution in [0, 0.1) is 0 Å². The van der Waals surface area contributed by atoms with Gasteiger partial charge in [0.2, 0.25) is 0 Å². The fraction of sp³-hybridized carbons (Fsp3) is 1.00. The molecule has 3 N–H and O–H groups in total. The molecule has 2 fully saturated rings. The lowest BCUT2D eigenvalue weighted by Crippen LogP contribution is -2.50. The molecule has 2 aliphatic rings. The van der Waals surface area contributed by atoms with Crippen molar-refractivity contribution in [2.75, 3.05) is 6.61 Å². The molecule has 0 bridgehead atoms. The molecule has 1 aliphatic carbocycles. The maximum atomic E-state index is 9.47. The van der Waals surface area contributed by atoms with Gasteiger partial charge < -0.3 is 15.6 Å². The van der Waals surface area contributed by atoms with Crippen LogP contribution in [0.4, 0.5) is 0 Å². The van der Waals surface area contributed by atoms with E-state index < -0.39 is 6.10 Å². The third-order valence-electron chi connectivity index (χ3n) is 3.26. The zero-order valence-corrected chi connectivity index (χ0v) is 7.33. The third-order valence-corrected chi connectivity index (χ3v) is 3.26. The molecule has 0 unspecified atom stereocenters. The molecule has 1 saturated carbocycles. The largest absolute Gasteiger partial charge is 0.389 e. The molecule has 3 heteroatoms. The number of aliphatic hydroxyl groups is 1. The highest BCUT2D eigenvalue weighted by Gasteiger charge is 2.47. The van der Waals surface area contributed by atoms with E-state index in [0.717, 1.165) is 12.8 Å². The number of ether oxygens (including phenoxy) is 1. The summed E-state index contributed by atoms with van der Waals surface area (Å²) >= 11 is 0. The molecule has 1 saturated heterocycles. The van der Waals surface area contributed by atoms with E-state index in [1.165, 1.54) is 19.3 Å². The first kappa shape index (κ1) is 8.48. The first-order valence-corrected chi connectivity index (χ1v) is 4.82. The molecule has 1 aliphatic heterocycles. The Morgan fingerprint density at radius 3 is 2.42 bits per heavy atom. The number of aliphatic hydroxyl groups excluding tert-OH is 1. The number of nitrogens with two attached hydrogens (primary N) is 1. The average Bonchev–Trinajstić information content (AvgIpc) is 2.37. The van der Waals surface area contributed by atoms with Crippen LogP contribution in [0.2, 0.25) is 0 Å². The highest BCUT2D eigenvalue weighted by molar-refractivity contribution is 5.01. The normalized spacial score (nSPS) is 40.5. The van der Waals surface area contributed by atoms with Crippen molar-refractivity contribution in [1.82, 2.24) is 0 Å². The van der Waals surface area contributed by atoms with E-state index in [-0.39, 0.29) is 11.6 Å². The molecule has 0 aromatic carbocycles. The lowest BCUT2D eigenvalue weighted by molar-refractivity contribution is -0.0330. The molecular weight excluding hydrogens is 154 g/mol. The van der Waals surface area contributed by atoms with Crippen molar-refractivity contribution in [2.24, 2.45) is 5.73 Å². The molecular formula is C9H17NO2. The monoisotopic (exact) mass is 171 g/mol. The standard InChI is InChI=1S/C9H17NO2/c10-8-7(11)6-12-9(8)4-2-1-3-5-9/h7-8,11H,1-6,10H2/t7-,8+/m0/s1. The molecule has 0 amide bonds. The molecule has 12 heavy (non-hydrogen) atoms. The highest BCUT2D eigenvalue weighted by Crippen LogP contribution is 2.38. The van der Waals surface area contributed by atoms with Gasteiger partial charge in [-0.05, 0) is 12.8 Å². The van der Waals surface area contributed by atoms with Gasteiger partial charge in [-0.25, -0.2) is 0 Å². The molecule has 2 rings (SSSR count). The average molecular weight is 171 g/mol. The van der Waals surface area contributed by atoms with Crippen LogP contribution in [0.15, 0.2) is 0 Å². The van der Waals surface area contributed by atoms with E-state index >= 15 is 0 Å². The first-order valence-electron chi connectivity index (χ1n) is 4.82. The van der Waals surface area contributed by atoms with Gasteiger partial charge in [-0.3, -0.25) is 0 Å². The second-order valence-electron chi connectivity index (χ2n) is 4.03. The maximum Gasteiger partial charge on any atom is 0.0952 e. The summed E-state index contributed by atoms with van der Waals surface area (Å²) in [6, 6.07) is -0.155. The summed E-state index contributed by atoms with van der Waals surface area (Å²) in [7, 11) is 0. The third kappa shape index (κ3) is 1.16. The second kappa shape index (κ2) is 2.98. The van der Waals surface area contributed by atoms with E-state index in [1.54, 1.807) is 0 Å². The van der Waals surface area contributed by atoms with Crippen molar-refractivity contribution in [3.63, 3.8) is 0 Å². The predicted molar refractivity (Wildman–Crippen MR) is 45.8 cm³/mol. The first-order chi connectivity index (χ1) is 5.75. The van der Waals surface area contributed by atoms with Crippen molar-refractivity contribution in [3.05, 3.63) is 0 Å². The molecule has 3 nitrogen and oxygen atoms in total. The molecule has 1 spiro atoms. The van der Waals surface area contributed by atoms with Crippen LogP contribution in [0.25, 0.3) is 0 Å². The van der Waals surface area contributed by atoms with Crippen LogP contribution >= 0.6 is 0 Å². The zero-order valence-electron chi connectivity index (χ0n) is 7.33. The van der Waals surface area contributed by atoms with Crippen molar-refractivity contribution in [3.8, 4) is 0 Å². The van der Waals surface area contributed by atoms with Gasteiger partial charge >= 0.3 is 0 Å². The molecule has 2 atom stereocenters. The van der Waals surface area contributed by atoms with Crippen LogP contribution in [0.3, 0.4) is 0 Å². The van der Waals surface area contributed by atoms with Crippen LogP contribution in [0.5, 0.6) is 0 Å². The predicted octanol–water partition coefficient (Wildman–Crippen LogP) is 0.408. The Balaban J connectivity index is 2.09. The zero-order chi connectivity index (χ0) is 8.60. The Kier molecular flexibility index (Phi) is 2.10. The Morgan fingerprint density at radius 1 is 1.25 bits per heavy atom. The quantitative estimate of drug-likeness (QED) is 0.555. The van der Waals surface area contributed by atoms with Gasteiger partial charge in [-0.15, -0.1) is 0 Å². The van der Waals surface area contributed by atoms with Crippen LogP contribution in [-0.2, 0) is 4.74 Å². The lowest BCUT2D eigenvalue weighted by Gasteiger charge is -2.36. The molecule has 0 aromatic heterocycles. The number of hydrogen-bond donors (Lipinski definition) is 2. The Labute approximate surface area is 72.9 Å². The summed E-state index contributed by atoms with van der Waals surface area (Å²) in [5.74, 6) is 0. The number of rotatable bonds is 0. The maximum absolute atomic E-state index is 9.47. The topological polar surface area (TPSA) is 55.5 Å². The van der Waals surface area contributed by atoms with Gasteiger partial charge in [0.25, 0.3) is 0 Å². The molecule has 1 heterocycles. The van der Waals surface area contributed by atoms with E-state index in [9.17, 15) is 5.11 Å². The minimum atomic E-state index is -0.442. The van der Waals surface area contributed by atoms with Gasteiger partial charge in [0.1, 0.15) is 0 Å². The van der Waals surface area contributed by atoms with Gasteiger partial charge in [0.05, 0.1) is 24.4 Å². The highest BCUT2D eigenvalue weighted by atomic mass is 16.5. The Morgan fingerprint density at radius 2 is 1.92 bits per heavy atom. The van der Waals surface area contributed by atoms with E-state index in [4.69, 9.17) is 10.5 Å². The van der Waals surface area contributed by atoms with E-state index in [1.807, 2.05) is 0 Å². The van der Waals surface area contributed by atoms with E-state index in [0.29, 0.717) is 6.61 Å². The van der Waals surface area contributed by atoms with Gasteiger partial charge in [-0.1, -0.05) is 19.3 Å². The fourth-order valence-electron chi connectivity index (χ4n) is 2.43. The Hall–Kier alpha value is -0.120. The SMILES string of the molecule is N[C@@H]1[C@@H](O)COC12CCCCC2. The van der Waals surface area contributed by atoms with Gasteiger partial charge in [0.15, 0.2) is 0 Å². The summed E-state index contributed by atoms with van der Waals surface area (Å²) in [5.41, 5.74) is 5.74. The molecule has 70 valence electrons. The van der Waals surface area contributed by atoms with Crippen LogP contribution < -0.4 is 5.73 Å². The smallest absolute Gasteiger partial charge is 0.0952 e. The summed E-state index contributed by atoms with van der Waals surface area (Å²) in [6.45, 7) is 0.432. The van der Waals surface area contributed by atoms with Crippen molar-refractivity contribution in [1.29, 1.82) is 0 Å². The van der Waals surface area contributed by atoms with Crippen molar-refractivity contribution >= 4 is 0 Å². The molecule has 0 radical (unpaired) electrons. The fourth-order valence-corrected chi connectivity index (χ4v) is 2.43. The number of hydrogen-bond acceptors (Lipinski definition) is 3. The minimum Gasteiger partial charge on any atom is -0.389 e. The lowest BCUT2D eigenvalue weighted by atomic mass is 9.79. The minimum absolute atomic E-state index is 0.155. The van der Waals surface area contributed by atoms with Crippen LogP contribution in [-0.4, -0.2) is 29.5 Å². The Bertz CT molecular complexity index is 160. The summed E-state index contributed by atoms with van der Waals surface area (Å²) in [6.07, 6.45) is 5.30. The summed E-state index contributed by atoms with van der Waals surface area (Å²) in [4.78, 5) is 0. The summed E-state index contributed by atoms with van der Waals surface area (Å²) in [5, 5.41) is 9.47. The van der Waals surface area contributed by atoms with Gasteiger partial charge in [-0.2, -0.15) is 0 Å². The van der Waals surface area contributed by atoms with E-state index in [2.05, 4.69) is 0 Å². The summed E-state index contributed by atoms with van der Waals surface area (Å²) < 4.78 is 5.63. The van der Waals surface area contributed by atoms with Crippen molar-refractivity contribution < 1.29 is 9.84 Å². The second-order valence-corrected chi connectivity index (χ2v) is 4.03.